The van der Waals surface area contributed by atoms with E-state index in [0.29, 0.717) is 19.1 Å². The minimum atomic E-state index is -0.485. The van der Waals surface area contributed by atoms with Crippen molar-refractivity contribution in [3.63, 3.8) is 0 Å². The van der Waals surface area contributed by atoms with Crippen molar-refractivity contribution in [2.45, 2.75) is 98.6 Å². The number of benzene rings is 1. The van der Waals surface area contributed by atoms with E-state index in [-0.39, 0.29) is 17.5 Å². The molecule has 5 heterocycles. The molecule has 3 aliphatic heterocycles. The Morgan fingerprint density at radius 3 is 2.53 bits per heavy atom. The Bertz CT molecular complexity index is 1670. The lowest BCUT2D eigenvalue weighted by atomic mass is 9.77. The average molecular weight is 675 g/mol. The number of morpholine rings is 1. The highest BCUT2D eigenvalue weighted by molar-refractivity contribution is 6.62. The molecular weight excluding hydrogens is 619 g/mol. The van der Waals surface area contributed by atoms with Gasteiger partial charge in [0.05, 0.1) is 66.4 Å². The van der Waals surface area contributed by atoms with E-state index >= 15 is 0 Å². The number of aromatic nitrogens is 2. The molecule has 0 amide bonds. The number of hydrogen-bond donors (Lipinski definition) is 0. The minimum absolute atomic E-state index is 0.224. The van der Waals surface area contributed by atoms with Gasteiger partial charge < -0.3 is 33.0 Å². The van der Waals surface area contributed by atoms with Gasteiger partial charge >= 0.3 is 13.1 Å². The van der Waals surface area contributed by atoms with Crippen LogP contribution in [0.15, 0.2) is 30.5 Å². The van der Waals surface area contributed by atoms with Gasteiger partial charge in [-0.05, 0) is 71.1 Å². The third kappa shape index (κ3) is 7.02. The largest absolute Gasteiger partial charge is 0.494 e. The number of aryl methyl sites for hydroxylation is 1. The average Bonchev–Trinajstić information content (AvgIpc) is 3.49. The van der Waals surface area contributed by atoms with E-state index in [1.807, 2.05) is 6.20 Å². The van der Waals surface area contributed by atoms with Crippen molar-refractivity contribution >= 4 is 35.1 Å². The summed E-state index contributed by atoms with van der Waals surface area (Å²) in [5, 5.41) is 1.13. The lowest BCUT2D eigenvalue weighted by Crippen LogP contribution is -2.58. The zero-order chi connectivity index (χ0) is 35.3. The Labute approximate surface area is 292 Å². The number of fused-ring (bicyclic) bond motifs is 2. The molecule has 6 rings (SSSR count). The number of pyridine rings is 1. The molecule has 3 saturated heterocycles. The highest BCUT2D eigenvalue weighted by Crippen LogP contribution is 2.42. The molecule has 266 valence electrons. The topological polar surface area (TPSA) is 87.5 Å². The standard InChI is InChI=1S/C38H55BN4O6/c1-11-43-33-13-12-27(39-48-37(6,7)38(8,9)49-39)18-30(33)32(20-36(4,5)24-47-26(3)44)35(43)31-19-28(21-40-34(31)25(2)45-10)42-15-14-41-16-17-46-23-29(41)22-42/h12-13,18-19,21,25,29H,11,14-17,20,22-24H2,1-10H3/t25-,29-/m0/s1. The van der Waals surface area contributed by atoms with Gasteiger partial charge in [-0.3, -0.25) is 14.7 Å². The van der Waals surface area contributed by atoms with Crippen molar-refractivity contribution in [1.82, 2.24) is 14.5 Å². The van der Waals surface area contributed by atoms with Gasteiger partial charge in [-0.2, -0.15) is 0 Å². The fourth-order valence-electron chi connectivity index (χ4n) is 7.45. The van der Waals surface area contributed by atoms with Crippen LogP contribution in [0.25, 0.3) is 22.2 Å². The molecule has 3 aliphatic rings. The van der Waals surface area contributed by atoms with Crippen LogP contribution in [0.3, 0.4) is 0 Å². The fraction of sp³-hybridized carbons (Fsp3) is 0.632. The van der Waals surface area contributed by atoms with Crippen molar-refractivity contribution < 1.29 is 28.3 Å². The molecular formula is C38H55BN4O6. The predicted molar refractivity (Wildman–Crippen MR) is 194 cm³/mol. The van der Waals surface area contributed by atoms with E-state index in [4.69, 9.17) is 28.5 Å². The number of carbonyl (C=O) groups excluding carboxylic acids is 1. The SMILES string of the molecule is CCn1c(-c2cc(N3CCN4CCOC[C@@H]4C3)cnc2[C@H](C)OC)c(CC(C)(C)COC(C)=O)c2cc(B3OC(C)(C)C(C)(C)O3)ccc21. The summed E-state index contributed by atoms with van der Waals surface area (Å²) in [6.07, 6.45) is 2.46. The van der Waals surface area contributed by atoms with Crippen molar-refractivity contribution in [3.8, 4) is 11.3 Å². The molecule has 3 fully saturated rings. The number of anilines is 1. The quantitative estimate of drug-likeness (QED) is 0.208. The fourth-order valence-corrected chi connectivity index (χ4v) is 7.45. The summed E-state index contributed by atoms with van der Waals surface area (Å²) in [7, 11) is 1.25. The lowest BCUT2D eigenvalue weighted by Gasteiger charge is -2.44. The summed E-state index contributed by atoms with van der Waals surface area (Å²) in [5.74, 6) is -0.274. The first kappa shape index (κ1) is 35.9. The summed E-state index contributed by atoms with van der Waals surface area (Å²) in [4.78, 5) is 22.1. The highest BCUT2D eigenvalue weighted by Gasteiger charge is 2.51. The Hall–Kier alpha value is -2.96. The normalized spacial score (nSPS) is 21.6. The number of piperazine rings is 1. The minimum Gasteiger partial charge on any atom is -0.465 e. The smallest absolute Gasteiger partial charge is 0.465 e. The Morgan fingerprint density at radius 1 is 1.12 bits per heavy atom. The Morgan fingerprint density at radius 2 is 1.86 bits per heavy atom. The van der Waals surface area contributed by atoms with Crippen molar-refractivity contribution in [3.05, 3.63) is 41.7 Å². The highest BCUT2D eigenvalue weighted by atomic mass is 16.7. The predicted octanol–water partition coefficient (Wildman–Crippen LogP) is 5.38. The van der Waals surface area contributed by atoms with Crippen LogP contribution in [-0.4, -0.2) is 97.9 Å². The maximum absolute atomic E-state index is 11.9. The lowest BCUT2D eigenvalue weighted by molar-refractivity contribution is -0.143. The monoisotopic (exact) mass is 674 g/mol. The number of carbonyl (C=O) groups is 1. The van der Waals surface area contributed by atoms with Gasteiger partial charge in [0, 0.05) is 68.6 Å². The molecule has 3 aromatic rings. The molecule has 0 aliphatic carbocycles. The number of nitrogens with zero attached hydrogens (tertiary/aromatic N) is 4. The second-order valence-electron chi connectivity index (χ2n) is 15.8. The van der Waals surface area contributed by atoms with Gasteiger partial charge in [-0.1, -0.05) is 26.0 Å². The van der Waals surface area contributed by atoms with Crippen molar-refractivity contribution in [2.75, 3.05) is 58.0 Å². The molecule has 1 aromatic carbocycles. The molecule has 0 unspecified atom stereocenters. The number of esters is 1. The molecule has 0 radical (unpaired) electrons. The number of rotatable bonds is 10. The van der Waals surface area contributed by atoms with Crippen LogP contribution in [-0.2, 0) is 41.3 Å². The second kappa shape index (κ2) is 13.6. The number of methoxy groups -OCH3 is 1. The van der Waals surface area contributed by atoms with Crippen molar-refractivity contribution in [1.29, 1.82) is 0 Å². The van der Waals surface area contributed by atoms with E-state index in [1.165, 1.54) is 12.5 Å². The summed E-state index contributed by atoms with van der Waals surface area (Å²) >= 11 is 0. The van der Waals surface area contributed by atoms with Gasteiger partial charge in [0.15, 0.2) is 0 Å². The Kier molecular flexibility index (Phi) is 9.98. The van der Waals surface area contributed by atoms with Crippen LogP contribution in [0.5, 0.6) is 0 Å². The second-order valence-corrected chi connectivity index (χ2v) is 15.8. The summed E-state index contributed by atoms with van der Waals surface area (Å²) in [5.41, 5.74) is 6.22. The molecule has 0 saturated carbocycles. The number of hydrogen-bond acceptors (Lipinski definition) is 9. The first-order valence-corrected chi connectivity index (χ1v) is 17.9. The molecule has 0 spiro atoms. The van der Waals surface area contributed by atoms with Gasteiger partial charge in [-0.25, -0.2) is 0 Å². The molecule has 11 heteroatoms. The number of ether oxygens (including phenoxy) is 3. The van der Waals surface area contributed by atoms with Crippen LogP contribution in [0, 0.1) is 5.41 Å². The van der Waals surface area contributed by atoms with Crippen LogP contribution >= 0.6 is 0 Å². The van der Waals surface area contributed by atoms with E-state index in [9.17, 15) is 4.79 Å². The summed E-state index contributed by atoms with van der Waals surface area (Å²) < 4.78 is 32.8. The van der Waals surface area contributed by atoms with Crippen LogP contribution in [0.2, 0.25) is 0 Å². The Balaban J connectivity index is 1.52. The third-order valence-corrected chi connectivity index (χ3v) is 11.1. The molecule has 0 N–H and O–H groups in total. The first-order valence-electron chi connectivity index (χ1n) is 17.9. The third-order valence-electron chi connectivity index (χ3n) is 11.1. The van der Waals surface area contributed by atoms with E-state index in [0.717, 1.165) is 84.9 Å². The van der Waals surface area contributed by atoms with Gasteiger partial charge in [0.25, 0.3) is 0 Å². The molecule has 10 nitrogen and oxygen atoms in total. The van der Waals surface area contributed by atoms with E-state index in [2.05, 4.69) is 94.0 Å². The summed E-state index contributed by atoms with van der Waals surface area (Å²) in [6, 6.07) is 9.26. The zero-order valence-corrected chi connectivity index (χ0v) is 31.2. The van der Waals surface area contributed by atoms with Crippen LogP contribution in [0.1, 0.15) is 79.7 Å². The van der Waals surface area contributed by atoms with Gasteiger partial charge in [0.1, 0.15) is 0 Å². The first-order chi connectivity index (χ1) is 23.1. The molecule has 49 heavy (non-hydrogen) atoms. The van der Waals surface area contributed by atoms with E-state index < -0.39 is 18.3 Å². The van der Waals surface area contributed by atoms with E-state index in [1.54, 1.807) is 7.11 Å². The zero-order valence-electron chi connectivity index (χ0n) is 31.2. The van der Waals surface area contributed by atoms with Gasteiger partial charge in [0.2, 0.25) is 0 Å². The maximum atomic E-state index is 11.9. The summed E-state index contributed by atoms with van der Waals surface area (Å²) in [6.45, 7) is 24.8. The molecule has 2 atom stereocenters. The molecule has 0 bridgehead atoms. The van der Waals surface area contributed by atoms with Crippen LogP contribution in [0.4, 0.5) is 5.69 Å². The molecule has 2 aromatic heterocycles. The van der Waals surface area contributed by atoms with Crippen LogP contribution < -0.4 is 10.4 Å². The maximum Gasteiger partial charge on any atom is 0.494 e. The van der Waals surface area contributed by atoms with Gasteiger partial charge in [-0.15, -0.1) is 0 Å². The van der Waals surface area contributed by atoms with Crippen molar-refractivity contribution in [2.24, 2.45) is 5.41 Å².